The maximum absolute atomic E-state index is 13.2. The summed E-state index contributed by atoms with van der Waals surface area (Å²) in [6.07, 6.45) is 1.45. The standard InChI is InChI=1S/C24H30Cl2N2O2/c1-5-22(24(30)27-4)28(15-19-11-12-20(25)14-21(19)26)23(29)13-8-17-6-9-18(10-7-17)16(2)3/h6-7,9-12,14,16,22H,5,8,13,15H2,1-4H3,(H,27,30)/t22-/m0/s1. The fourth-order valence-electron chi connectivity index (χ4n) is 3.38. The highest BCUT2D eigenvalue weighted by atomic mass is 35.5. The van der Waals surface area contributed by atoms with Gasteiger partial charge in [-0.3, -0.25) is 9.59 Å². The monoisotopic (exact) mass is 448 g/mol. The van der Waals surface area contributed by atoms with E-state index in [0.29, 0.717) is 35.2 Å². The summed E-state index contributed by atoms with van der Waals surface area (Å²) >= 11 is 12.3. The van der Waals surface area contributed by atoms with E-state index in [4.69, 9.17) is 23.2 Å². The summed E-state index contributed by atoms with van der Waals surface area (Å²) in [6, 6.07) is 13.0. The van der Waals surface area contributed by atoms with Gasteiger partial charge < -0.3 is 10.2 Å². The maximum atomic E-state index is 13.2. The van der Waals surface area contributed by atoms with E-state index in [-0.39, 0.29) is 18.4 Å². The van der Waals surface area contributed by atoms with E-state index in [9.17, 15) is 9.59 Å². The number of nitrogens with one attached hydrogen (secondary N) is 1. The van der Waals surface area contributed by atoms with Crippen molar-refractivity contribution in [2.75, 3.05) is 7.05 Å². The zero-order valence-corrected chi connectivity index (χ0v) is 19.6. The molecule has 0 aliphatic carbocycles. The lowest BCUT2D eigenvalue weighted by molar-refractivity contribution is -0.141. The van der Waals surface area contributed by atoms with Gasteiger partial charge in [-0.15, -0.1) is 0 Å². The molecule has 162 valence electrons. The van der Waals surface area contributed by atoms with Crippen LogP contribution in [0.1, 0.15) is 56.2 Å². The van der Waals surface area contributed by atoms with Gasteiger partial charge in [-0.05, 0) is 47.6 Å². The fraction of sp³-hybridized carbons (Fsp3) is 0.417. The molecular formula is C24H30Cl2N2O2. The van der Waals surface area contributed by atoms with E-state index in [1.54, 1.807) is 30.1 Å². The SMILES string of the molecule is CC[C@@H](C(=O)NC)N(Cc1ccc(Cl)cc1Cl)C(=O)CCc1ccc(C(C)C)cc1. The molecule has 2 aromatic carbocycles. The molecular weight excluding hydrogens is 419 g/mol. The van der Waals surface area contributed by atoms with Gasteiger partial charge in [-0.25, -0.2) is 0 Å². The predicted octanol–water partition coefficient (Wildman–Crippen LogP) is 5.60. The van der Waals surface area contributed by atoms with Crippen molar-refractivity contribution < 1.29 is 9.59 Å². The highest BCUT2D eigenvalue weighted by molar-refractivity contribution is 6.35. The number of hydrogen-bond acceptors (Lipinski definition) is 2. The number of rotatable bonds is 9. The van der Waals surface area contributed by atoms with Crippen molar-refractivity contribution in [1.29, 1.82) is 0 Å². The van der Waals surface area contributed by atoms with E-state index in [0.717, 1.165) is 11.1 Å². The summed E-state index contributed by atoms with van der Waals surface area (Å²) in [5.41, 5.74) is 3.14. The number of benzene rings is 2. The largest absolute Gasteiger partial charge is 0.357 e. The summed E-state index contributed by atoms with van der Waals surface area (Å²) < 4.78 is 0. The van der Waals surface area contributed by atoms with Crippen LogP contribution in [-0.4, -0.2) is 29.8 Å². The normalized spacial score (nSPS) is 12.0. The Kier molecular flexibility index (Phi) is 9.19. The Morgan fingerprint density at radius 1 is 1.07 bits per heavy atom. The van der Waals surface area contributed by atoms with Gasteiger partial charge in [-0.1, -0.05) is 74.3 Å². The summed E-state index contributed by atoms with van der Waals surface area (Å²) in [6.45, 7) is 6.46. The van der Waals surface area contributed by atoms with E-state index < -0.39 is 6.04 Å². The van der Waals surface area contributed by atoms with Gasteiger partial charge >= 0.3 is 0 Å². The van der Waals surface area contributed by atoms with Crippen molar-refractivity contribution in [1.82, 2.24) is 10.2 Å². The first kappa shape index (κ1) is 24.2. The summed E-state index contributed by atoms with van der Waals surface area (Å²) in [5.74, 6) is 0.208. The predicted molar refractivity (Wildman–Crippen MR) is 124 cm³/mol. The first-order valence-corrected chi connectivity index (χ1v) is 11.1. The van der Waals surface area contributed by atoms with E-state index in [2.05, 4.69) is 43.4 Å². The van der Waals surface area contributed by atoms with Crippen LogP contribution in [0.3, 0.4) is 0 Å². The van der Waals surface area contributed by atoms with Crippen molar-refractivity contribution in [3.05, 3.63) is 69.2 Å². The molecule has 0 saturated carbocycles. The third-order valence-electron chi connectivity index (χ3n) is 5.26. The number of halogens is 2. The number of likely N-dealkylation sites (N-methyl/N-ethyl adjacent to an activating group) is 1. The van der Waals surface area contributed by atoms with Crippen LogP contribution in [0.5, 0.6) is 0 Å². The third kappa shape index (κ3) is 6.48. The van der Waals surface area contributed by atoms with Gasteiger partial charge in [0, 0.05) is 30.1 Å². The van der Waals surface area contributed by atoms with Crippen molar-refractivity contribution in [2.24, 2.45) is 0 Å². The van der Waals surface area contributed by atoms with Gasteiger partial charge in [-0.2, -0.15) is 0 Å². The number of amides is 2. The number of aryl methyl sites for hydroxylation is 1. The molecule has 0 aliphatic heterocycles. The quantitative estimate of drug-likeness (QED) is 0.542. The number of carbonyl (C=O) groups excluding carboxylic acids is 2. The van der Waals surface area contributed by atoms with Crippen LogP contribution < -0.4 is 5.32 Å². The van der Waals surface area contributed by atoms with Gasteiger partial charge in [0.2, 0.25) is 11.8 Å². The van der Waals surface area contributed by atoms with Crippen molar-refractivity contribution in [3.8, 4) is 0 Å². The molecule has 0 aliphatic rings. The molecule has 0 spiro atoms. The fourth-order valence-corrected chi connectivity index (χ4v) is 3.85. The number of nitrogens with zero attached hydrogens (tertiary/aromatic N) is 1. The highest BCUT2D eigenvalue weighted by Gasteiger charge is 2.28. The zero-order valence-electron chi connectivity index (χ0n) is 18.0. The minimum absolute atomic E-state index is 0.0793. The van der Waals surface area contributed by atoms with Gasteiger partial charge in [0.1, 0.15) is 6.04 Å². The lowest BCUT2D eigenvalue weighted by atomic mass is 10.00. The lowest BCUT2D eigenvalue weighted by Crippen LogP contribution is -2.48. The number of hydrogen-bond donors (Lipinski definition) is 1. The molecule has 6 heteroatoms. The lowest BCUT2D eigenvalue weighted by Gasteiger charge is -2.30. The Bertz CT molecular complexity index is 866. The zero-order chi connectivity index (χ0) is 22.3. The van der Waals surface area contributed by atoms with Crippen LogP contribution in [0, 0.1) is 0 Å². The molecule has 4 nitrogen and oxygen atoms in total. The summed E-state index contributed by atoms with van der Waals surface area (Å²) in [5, 5.41) is 3.68. The molecule has 0 saturated heterocycles. The minimum Gasteiger partial charge on any atom is -0.357 e. The topological polar surface area (TPSA) is 49.4 Å². The van der Waals surface area contributed by atoms with Gasteiger partial charge in [0.15, 0.2) is 0 Å². The molecule has 1 N–H and O–H groups in total. The second kappa shape index (κ2) is 11.4. The molecule has 30 heavy (non-hydrogen) atoms. The van der Waals surface area contributed by atoms with Crippen molar-refractivity contribution in [2.45, 2.75) is 58.5 Å². The highest BCUT2D eigenvalue weighted by Crippen LogP contribution is 2.24. The van der Waals surface area contributed by atoms with Crippen LogP contribution in [0.2, 0.25) is 10.0 Å². The van der Waals surface area contributed by atoms with Crippen molar-refractivity contribution in [3.63, 3.8) is 0 Å². The molecule has 1 atom stereocenters. The van der Waals surface area contributed by atoms with Gasteiger partial charge in [0.05, 0.1) is 0 Å². The summed E-state index contributed by atoms with van der Waals surface area (Å²) in [7, 11) is 1.58. The Hall–Kier alpha value is -2.04. The second-order valence-corrected chi connectivity index (χ2v) is 8.54. The molecule has 2 amide bonds. The Morgan fingerprint density at radius 2 is 1.73 bits per heavy atom. The Morgan fingerprint density at radius 3 is 2.27 bits per heavy atom. The van der Waals surface area contributed by atoms with Crippen LogP contribution in [0.25, 0.3) is 0 Å². The average molecular weight is 449 g/mol. The molecule has 0 fully saturated rings. The average Bonchev–Trinajstić information content (AvgIpc) is 2.73. The molecule has 0 unspecified atom stereocenters. The molecule has 0 bridgehead atoms. The first-order chi connectivity index (χ1) is 14.3. The third-order valence-corrected chi connectivity index (χ3v) is 5.85. The maximum Gasteiger partial charge on any atom is 0.242 e. The molecule has 2 aromatic rings. The van der Waals surface area contributed by atoms with Crippen molar-refractivity contribution >= 4 is 35.0 Å². The van der Waals surface area contributed by atoms with Gasteiger partial charge in [0.25, 0.3) is 0 Å². The minimum atomic E-state index is -0.558. The second-order valence-electron chi connectivity index (χ2n) is 7.69. The van der Waals surface area contributed by atoms with E-state index in [1.165, 1.54) is 5.56 Å². The van der Waals surface area contributed by atoms with Crippen LogP contribution >= 0.6 is 23.2 Å². The Balaban J connectivity index is 2.19. The Labute approximate surface area is 189 Å². The molecule has 0 aromatic heterocycles. The van der Waals surface area contributed by atoms with Crippen LogP contribution in [-0.2, 0) is 22.6 Å². The summed E-state index contributed by atoms with van der Waals surface area (Å²) in [4.78, 5) is 27.2. The smallest absolute Gasteiger partial charge is 0.242 e. The van der Waals surface area contributed by atoms with Crippen LogP contribution in [0.15, 0.2) is 42.5 Å². The van der Waals surface area contributed by atoms with E-state index in [1.807, 2.05) is 6.92 Å². The number of carbonyl (C=O) groups is 2. The van der Waals surface area contributed by atoms with E-state index >= 15 is 0 Å². The molecule has 0 radical (unpaired) electrons. The first-order valence-electron chi connectivity index (χ1n) is 10.3. The molecule has 2 rings (SSSR count). The van der Waals surface area contributed by atoms with Crippen LogP contribution in [0.4, 0.5) is 0 Å². The molecule has 0 heterocycles.